The molecule has 0 bridgehead atoms. The van der Waals surface area contributed by atoms with E-state index in [1.807, 2.05) is 0 Å². The van der Waals surface area contributed by atoms with Gasteiger partial charge in [-0.2, -0.15) is 0 Å². The minimum atomic E-state index is 0.664. The Morgan fingerprint density at radius 2 is 0.700 bits per heavy atom. The molecule has 0 unspecified atom stereocenters. The third-order valence-corrected chi connectivity index (χ3v) is 3.21. The molecule has 1 saturated heterocycles. The Hall–Kier alpha value is -0.240. The van der Waals surface area contributed by atoms with Gasteiger partial charge in [-0.1, -0.05) is 0 Å². The monoisotopic (exact) mass is 290 g/mol. The molecule has 1 aliphatic heterocycles. The molecule has 0 aliphatic carbocycles. The first-order valence-electron chi connectivity index (χ1n) is 7.47. The molecule has 1 heterocycles. The topological polar surface area (TPSA) is 43.4 Å². The van der Waals surface area contributed by atoms with E-state index in [-0.39, 0.29) is 0 Å². The van der Waals surface area contributed by atoms with Crippen LogP contribution in [0.3, 0.4) is 0 Å². The van der Waals surface area contributed by atoms with Crippen LogP contribution < -0.4 is 0 Å². The van der Waals surface area contributed by atoms with Crippen LogP contribution in [0.25, 0.3) is 0 Å². The molecule has 6 heteroatoms. The van der Waals surface area contributed by atoms with Gasteiger partial charge in [0, 0.05) is 26.2 Å². The van der Waals surface area contributed by atoms with Gasteiger partial charge in [0.05, 0.1) is 52.9 Å². The van der Waals surface area contributed by atoms with E-state index in [2.05, 4.69) is 23.9 Å². The zero-order chi connectivity index (χ0) is 14.5. The fraction of sp³-hybridized carbons (Fsp3) is 1.00. The van der Waals surface area contributed by atoms with E-state index in [4.69, 9.17) is 18.9 Å². The molecule has 0 radical (unpaired) electrons. The fourth-order valence-corrected chi connectivity index (χ4v) is 1.75. The van der Waals surface area contributed by atoms with E-state index in [0.717, 1.165) is 52.6 Å². The summed E-state index contributed by atoms with van der Waals surface area (Å²) in [4.78, 5) is 4.42. The van der Waals surface area contributed by atoms with Crippen molar-refractivity contribution in [3.63, 3.8) is 0 Å². The van der Waals surface area contributed by atoms with Crippen molar-refractivity contribution in [1.82, 2.24) is 9.80 Å². The second-order valence-corrected chi connectivity index (χ2v) is 5.06. The van der Waals surface area contributed by atoms with E-state index in [0.29, 0.717) is 26.4 Å². The van der Waals surface area contributed by atoms with Crippen LogP contribution in [0.1, 0.15) is 0 Å². The second kappa shape index (κ2) is 12.5. The summed E-state index contributed by atoms with van der Waals surface area (Å²) in [5.41, 5.74) is 0. The summed E-state index contributed by atoms with van der Waals surface area (Å²) >= 11 is 0. The third-order valence-electron chi connectivity index (χ3n) is 3.21. The Kier molecular flexibility index (Phi) is 11.1. The third kappa shape index (κ3) is 10.5. The first kappa shape index (κ1) is 17.8. The normalized spacial score (nSPS) is 24.9. The summed E-state index contributed by atoms with van der Waals surface area (Å²) in [5.74, 6) is 0. The maximum absolute atomic E-state index is 5.54. The van der Waals surface area contributed by atoms with Gasteiger partial charge >= 0.3 is 0 Å². The van der Waals surface area contributed by atoms with Crippen molar-refractivity contribution in [1.29, 1.82) is 0 Å². The Balaban J connectivity index is 2.16. The van der Waals surface area contributed by atoms with Gasteiger partial charge in [0.1, 0.15) is 0 Å². The lowest BCUT2D eigenvalue weighted by molar-refractivity contribution is 0.0137. The Morgan fingerprint density at radius 1 is 0.450 bits per heavy atom. The molecule has 0 aromatic rings. The molecule has 1 aliphatic rings. The summed E-state index contributed by atoms with van der Waals surface area (Å²) in [6.45, 7) is 9.29. The van der Waals surface area contributed by atoms with Gasteiger partial charge in [0.2, 0.25) is 0 Å². The molecule has 0 N–H and O–H groups in total. The van der Waals surface area contributed by atoms with Crippen molar-refractivity contribution in [3.05, 3.63) is 0 Å². The lowest BCUT2D eigenvalue weighted by Crippen LogP contribution is -2.29. The molecular formula is C14H30N2O4. The van der Waals surface area contributed by atoms with Crippen LogP contribution in [0.5, 0.6) is 0 Å². The summed E-state index contributed by atoms with van der Waals surface area (Å²) in [6, 6.07) is 0. The zero-order valence-corrected chi connectivity index (χ0v) is 13.0. The van der Waals surface area contributed by atoms with E-state index in [1.54, 1.807) is 0 Å². The van der Waals surface area contributed by atoms with Crippen molar-refractivity contribution >= 4 is 0 Å². The summed E-state index contributed by atoms with van der Waals surface area (Å²) in [5, 5.41) is 0. The Bertz CT molecular complexity index is 177. The van der Waals surface area contributed by atoms with Gasteiger partial charge in [-0.05, 0) is 14.1 Å². The minimum Gasteiger partial charge on any atom is -0.378 e. The summed E-state index contributed by atoms with van der Waals surface area (Å²) < 4.78 is 22.1. The average Bonchev–Trinajstić information content (AvgIpc) is 2.43. The molecule has 120 valence electrons. The van der Waals surface area contributed by atoms with Gasteiger partial charge in [0.25, 0.3) is 0 Å². The minimum absolute atomic E-state index is 0.664. The van der Waals surface area contributed by atoms with Crippen LogP contribution in [-0.4, -0.2) is 103 Å². The maximum atomic E-state index is 5.54. The predicted molar refractivity (Wildman–Crippen MR) is 78.3 cm³/mol. The highest BCUT2D eigenvalue weighted by Gasteiger charge is 2.01. The van der Waals surface area contributed by atoms with Gasteiger partial charge in [-0.25, -0.2) is 0 Å². The first-order valence-corrected chi connectivity index (χ1v) is 7.47. The molecule has 1 rings (SSSR count). The highest BCUT2D eigenvalue weighted by atomic mass is 16.5. The zero-order valence-electron chi connectivity index (χ0n) is 13.0. The van der Waals surface area contributed by atoms with Crippen molar-refractivity contribution in [3.8, 4) is 0 Å². The highest BCUT2D eigenvalue weighted by Crippen LogP contribution is 1.89. The molecule has 0 atom stereocenters. The highest BCUT2D eigenvalue weighted by molar-refractivity contribution is 4.52. The second-order valence-electron chi connectivity index (χ2n) is 5.06. The van der Waals surface area contributed by atoms with E-state index < -0.39 is 0 Å². The number of ether oxygens (including phenoxy) is 4. The lowest BCUT2D eigenvalue weighted by Gasteiger charge is -2.18. The van der Waals surface area contributed by atoms with Crippen molar-refractivity contribution in [2.24, 2.45) is 0 Å². The Labute approximate surface area is 122 Å². The first-order chi connectivity index (χ1) is 9.79. The van der Waals surface area contributed by atoms with Gasteiger partial charge < -0.3 is 28.7 Å². The van der Waals surface area contributed by atoms with Crippen LogP contribution in [0.2, 0.25) is 0 Å². The molecule has 20 heavy (non-hydrogen) atoms. The van der Waals surface area contributed by atoms with Crippen molar-refractivity contribution in [2.75, 3.05) is 93.1 Å². The number of nitrogens with zero attached hydrogens (tertiary/aromatic N) is 2. The number of hydrogen-bond acceptors (Lipinski definition) is 6. The molecule has 0 saturated carbocycles. The summed E-state index contributed by atoms with van der Waals surface area (Å²) in [7, 11) is 4.15. The molecule has 6 nitrogen and oxygen atoms in total. The molecule has 0 aromatic heterocycles. The smallest absolute Gasteiger partial charge is 0.0701 e. The Morgan fingerprint density at radius 3 is 0.950 bits per heavy atom. The molecule has 1 fully saturated rings. The quantitative estimate of drug-likeness (QED) is 0.622. The van der Waals surface area contributed by atoms with E-state index in [1.165, 1.54) is 0 Å². The maximum Gasteiger partial charge on any atom is 0.0701 e. The average molecular weight is 290 g/mol. The van der Waals surface area contributed by atoms with E-state index in [9.17, 15) is 0 Å². The van der Waals surface area contributed by atoms with Crippen LogP contribution >= 0.6 is 0 Å². The van der Waals surface area contributed by atoms with Crippen molar-refractivity contribution in [2.45, 2.75) is 0 Å². The number of likely N-dealkylation sites (N-methyl/N-ethyl adjacent to an activating group) is 2. The largest absolute Gasteiger partial charge is 0.378 e. The van der Waals surface area contributed by atoms with Gasteiger partial charge in [-0.15, -0.1) is 0 Å². The molecule has 0 aromatic carbocycles. The van der Waals surface area contributed by atoms with Gasteiger partial charge in [-0.3, -0.25) is 0 Å². The molecule has 0 spiro atoms. The lowest BCUT2D eigenvalue weighted by atomic mass is 10.5. The number of hydrogen-bond donors (Lipinski definition) is 0. The fourth-order valence-electron chi connectivity index (χ4n) is 1.75. The molecular weight excluding hydrogens is 260 g/mol. The molecule has 0 amide bonds. The standard InChI is InChI=1S/C14H30N2O4/c1-15-3-7-17-11-13-19-9-5-16(2)6-10-20-14-12-18-8-4-15/h3-14H2,1-2H3. The van der Waals surface area contributed by atoms with Crippen LogP contribution in [0.4, 0.5) is 0 Å². The van der Waals surface area contributed by atoms with Gasteiger partial charge in [0.15, 0.2) is 0 Å². The van der Waals surface area contributed by atoms with Crippen LogP contribution in [0, 0.1) is 0 Å². The predicted octanol–water partition coefficient (Wildman–Crippen LogP) is -0.0700. The van der Waals surface area contributed by atoms with Crippen molar-refractivity contribution < 1.29 is 18.9 Å². The van der Waals surface area contributed by atoms with E-state index >= 15 is 0 Å². The summed E-state index contributed by atoms with van der Waals surface area (Å²) in [6.07, 6.45) is 0. The van der Waals surface area contributed by atoms with Crippen LogP contribution in [-0.2, 0) is 18.9 Å². The number of rotatable bonds is 0. The van der Waals surface area contributed by atoms with Crippen LogP contribution in [0.15, 0.2) is 0 Å². The SMILES string of the molecule is CN1CCOCCOCCN(C)CCOCCOCC1.